The largest absolute Gasteiger partial charge is 0.337 e. The topological polar surface area (TPSA) is 76.3 Å². The zero-order valence-electron chi connectivity index (χ0n) is 11.9. The lowest BCUT2D eigenvalue weighted by Gasteiger charge is -2.13. The van der Waals surface area contributed by atoms with E-state index in [1.807, 2.05) is 19.9 Å². The number of hydrogen-bond acceptors (Lipinski definition) is 5. The summed E-state index contributed by atoms with van der Waals surface area (Å²) in [5, 5.41) is 3.80. The summed E-state index contributed by atoms with van der Waals surface area (Å²) in [7, 11) is 0. The van der Waals surface area contributed by atoms with E-state index in [4.69, 9.17) is 4.52 Å². The van der Waals surface area contributed by atoms with Crippen molar-refractivity contribution < 1.29 is 14.1 Å². The molecular formula is C15H15N3O3. The Morgan fingerprint density at radius 2 is 2.00 bits per heavy atom. The first-order valence-electron chi connectivity index (χ1n) is 6.94. The van der Waals surface area contributed by atoms with Gasteiger partial charge in [-0.05, 0) is 24.1 Å². The van der Waals surface area contributed by atoms with Gasteiger partial charge in [-0.2, -0.15) is 4.98 Å². The van der Waals surface area contributed by atoms with Gasteiger partial charge in [0.1, 0.15) is 6.54 Å². The molecule has 0 unspecified atom stereocenters. The lowest BCUT2D eigenvalue weighted by atomic mass is 10.1. The summed E-state index contributed by atoms with van der Waals surface area (Å²) in [6.45, 7) is 4.04. The van der Waals surface area contributed by atoms with Crippen LogP contribution in [-0.4, -0.2) is 21.8 Å². The highest BCUT2D eigenvalue weighted by atomic mass is 16.5. The van der Waals surface area contributed by atoms with E-state index in [-0.39, 0.29) is 6.54 Å². The molecule has 1 aromatic carbocycles. The van der Waals surface area contributed by atoms with Gasteiger partial charge in [0.25, 0.3) is 11.7 Å². The number of benzene rings is 1. The van der Waals surface area contributed by atoms with Crippen molar-refractivity contribution in [1.82, 2.24) is 10.1 Å². The van der Waals surface area contributed by atoms with Crippen LogP contribution in [0.15, 0.2) is 22.7 Å². The van der Waals surface area contributed by atoms with Gasteiger partial charge in [-0.25, -0.2) is 0 Å². The molecule has 0 aliphatic carbocycles. The minimum absolute atomic E-state index is 0.121. The molecule has 6 heteroatoms. The van der Waals surface area contributed by atoms with Crippen LogP contribution >= 0.6 is 0 Å². The summed E-state index contributed by atoms with van der Waals surface area (Å²) in [6.07, 6.45) is 1.48. The molecule has 0 N–H and O–H groups in total. The number of aromatic nitrogens is 2. The van der Waals surface area contributed by atoms with Crippen LogP contribution in [-0.2, 0) is 24.2 Å². The highest BCUT2D eigenvalue weighted by Crippen LogP contribution is 2.31. The van der Waals surface area contributed by atoms with Crippen LogP contribution < -0.4 is 4.90 Å². The van der Waals surface area contributed by atoms with Crippen molar-refractivity contribution >= 4 is 17.4 Å². The van der Waals surface area contributed by atoms with Gasteiger partial charge in [0.05, 0.1) is 11.3 Å². The molecule has 0 bridgehead atoms. The average molecular weight is 285 g/mol. The third kappa shape index (κ3) is 2.22. The first-order valence-corrected chi connectivity index (χ1v) is 6.94. The number of nitrogens with zero attached hydrogens (tertiary/aromatic N) is 3. The lowest BCUT2D eigenvalue weighted by molar-refractivity contribution is -0.114. The van der Waals surface area contributed by atoms with Crippen LogP contribution in [0.25, 0.3) is 0 Å². The Balaban J connectivity index is 1.93. The van der Waals surface area contributed by atoms with Gasteiger partial charge in [-0.1, -0.05) is 25.1 Å². The van der Waals surface area contributed by atoms with Gasteiger partial charge >= 0.3 is 0 Å². The van der Waals surface area contributed by atoms with Crippen LogP contribution in [0.1, 0.15) is 41.5 Å². The molecule has 0 saturated carbocycles. The summed E-state index contributed by atoms with van der Waals surface area (Å²) in [5.41, 5.74) is 2.09. The fourth-order valence-corrected chi connectivity index (χ4v) is 2.36. The fraction of sp³-hybridized carbons (Fsp3) is 0.333. The number of carbonyl (C=O) groups excluding carboxylic acids is 2. The Morgan fingerprint density at radius 1 is 1.19 bits per heavy atom. The third-order valence-electron chi connectivity index (χ3n) is 3.56. The van der Waals surface area contributed by atoms with Crippen LogP contribution in [0, 0.1) is 0 Å². The first-order chi connectivity index (χ1) is 10.1. The van der Waals surface area contributed by atoms with Gasteiger partial charge in [0, 0.05) is 6.42 Å². The van der Waals surface area contributed by atoms with Crippen molar-refractivity contribution in [3.05, 3.63) is 41.0 Å². The second kappa shape index (κ2) is 5.12. The minimum Gasteiger partial charge on any atom is -0.337 e. The Morgan fingerprint density at radius 3 is 2.67 bits per heavy atom. The number of Topliss-reactive ketones (excluding diaryl/α,β-unsaturated/α-hetero) is 1. The van der Waals surface area contributed by atoms with E-state index in [1.165, 1.54) is 4.90 Å². The van der Waals surface area contributed by atoms with E-state index >= 15 is 0 Å². The smallest absolute Gasteiger partial charge is 0.299 e. The van der Waals surface area contributed by atoms with Crippen molar-refractivity contribution in [1.29, 1.82) is 0 Å². The van der Waals surface area contributed by atoms with Crippen molar-refractivity contribution in [2.75, 3.05) is 4.90 Å². The summed E-state index contributed by atoms with van der Waals surface area (Å²) < 4.78 is 5.09. The summed E-state index contributed by atoms with van der Waals surface area (Å²) in [5.74, 6) is -0.102. The highest BCUT2D eigenvalue weighted by Gasteiger charge is 2.36. The number of hydrogen-bond donors (Lipinski definition) is 0. The summed E-state index contributed by atoms with van der Waals surface area (Å²) in [4.78, 5) is 29.8. The molecule has 108 valence electrons. The molecule has 3 rings (SSSR count). The van der Waals surface area contributed by atoms with E-state index in [0.717, 1.165) is 12.0 Å². The van der Waals surface area contributed by atoms with E-state index in [0.29, 0.717) is 29.4 Å². The Bertz CT molecular complexity index is 721. The normalized spacial score (nSPS) is 13.9. The van der Waals surface area contributed by atoms with Gasteiger partial charge < -0.3 is 4.52 Å². The van der Waals surface area contributed by atoms with Crippen LogP contribution in [0.4, 0.5) is 5.69 Å². The average Bonchev–Trinajstić information content (AvgIpc) is 3.06. The molecule has 2 aromatic rings. The zero-order chi connectivity index (χ0) is 15.0. The maximum absolute atomic E-state index is 12.1. The maximum atomic E-state index is 12.1. The molecule has 0 atom stereocenters. The van der Waals surface area contributed by atoms with Crippen LogP contribution in [0.3, 0.4) is 0 Å². The predicted octanol–water partition coefficient (Wildman–Crippen LogP) is 1.92. The highest BCUT2D eigenvalue weighted by molar-refractivity contribution is 6.52. The SMILES string of the molecule is CCc1ccc2c(c1)C(=O)C(=O)N2Cc1nc(CC)no1. The van der Waals surface area contributed by atoms with Crippen molar-refractivity contribution in [3.63, 3.8) is 0 Å². The number of amides is 1. The number of anilines is 1. The number of aryl methyl sites for hydroxylation is 2. The Hall–Kier alpha value is -2.50. The molecule has 21 heavy (non-hydrogen) atoms. The fourth-order valence-electron chi connectivity index (χ4n) is 2.36. The molecular weight excluding hydrogens is 270 g/mol. The molecule has 2 heterocycles. The molecule has 1 aromatic heterocycles. The zero-order valence-corrected chi connectivity index (χ0v) is 11.9. The number of carbonyl (C=O) groups is 2. The first kappa shape index (κ1) is 13.5. The van der Waals surface area contributed by atoms with Gasteiger partial charge in [0.2, 0.25) is 5.89 Å². The predicted molar refractivity (Wildman–Crippen MR) is 75.0 cm³/mol. The standard InChI is InChI=1S/C15H15N3O3/c1-3-9-5-6-11-10(7-9)14(19)15(20)18(11)8-13-16-12(4-2)17-21-13/h5-7H,3-4,8H2,1-2H3. The van der Waals surface area contributed by atoms with E-state index in [9.17, 15) is 9.59 Å². The molecule has 1 aliphatic heterocycles. The van der Waals surface area contributed by atoms with Crippen molar-refractivity contribution in [3.8, 4) is 0 Å². The molecule has 0 spiro atoms. The van der Waals surface area contributed by atoms with Crippen molar-refractivity contribution in [2.45, 2.75) is 33.2 Å². The van der Waals surface area contributed by atoms with Gasteiger partial charge in [-0.15, -0.1) is 0 Å². The Labute approximate surface area is 121 Å². The Kier molecular flexibility index (Phi) is 3.29. The monoisotopic (exact) mass is 285 g/mol. The molecule has 0 fully saturated rings. The lowest BCUT2D eigenvalue weighted by Crippen LogP contribution is -2.29. The summed E-state index contributed by atoms with van der Waals surface area (Å²) >= 11 is 0. The molecule has 0 saturated heterocycles. The van der Waals surface area contributed by atoms with E-state index < -0.39 is 11.7 Å². The van der Waals surface area contributed by atoms with Crippen LogP contribution in [0.2, 0.25) is 0 Å². The molecule has 1 aliphatic rings. The van der Waals surface area contributed by atoms with Crippen molar-refractivity contribution in [2.24, 2.45) is 0 Å². The van der Waals surface area contributed by atoms with Crippen LogP contribution in [0.5, 0.6) is 0 Å². The molecule has 1 amide bonds. The number of fused-ring (bicyclic) bond motifs is 1. The van der Waals surface area contributed by atoms with Gasteiger partial charge in [-0.3, -0.25) is 14.5 Å². The second-order valence-corrected chi connectivity index (χ2v) is 4.88. The number of rotatable bonds is 4. The van der Waals surface area contributed by atoms with Gasteiger partial charge in [0.15, 0.2) is 5.82 Å². The minimum atomic E-state index is -0.547. The molecule has 6 nitrogen and oxygen atoms in total. The van der Waals surface area contributed by atoms with E-state index in [2.05, 4.69) is 10.1 Å². The maximum Gasteiger partial charge on any atom is 0.299 e. The molecule has 0 radical (unpaired) electrons. The quantitative estimate of drug-likeness (QED) is 0.802. The number of ketones is 1. The third-order valence-corrected chi connectivity index (χ3v) is 3.56. The summed E-state index contributed by atoms with van der Waals surface area (Å²) in [6, 6.07) is 5.50. The van der Waals surface area contributed by atoms with E-state index in [1.54, 1.807) is 12.1 Å². The second-order valence-electron chi connectivity index (χ2n) is 4.88.